The summed E-state index contributed by atoms with van der Waals surface area (Å²) in [4.78, 5) is 4.38. The van der Waals surface area contributed by atoms with Gasteiger partial charge in [0.1, 0.15) is 11.3 Å². The fraction of sp³-hybridized carbons (Fsp3) is 0.400. The molecule has 4 heteroatoms. The highest BCUT2D eigenvalue weighted by Gasteiger charge is 2.19. The Hall–Kier alpha value is -1.81. The normalized spacial score (nSPS) is 22.2. The molecule has 0 radical (unpaired) electrons. The van der Waals surface area contributed by atoms with Gasteiger partial charge in [-0.1, -0.05) is 6.42 Å². The molecule has 1 aromatic heterocycles. The van der Waals surface area contributed by atoms with Gasteiger partial charge in [-0.2, -0.15) is 0 Å². The average molecular weight is 259 g/mol. The van der Waals surface area contributed by atoms with Crippen molar-refractivity contribution in [3.05, 3.63) is 29.7 Å². The highest BCUT2D eigenvalue weighted by atomic mass is 16.5. The lowest BCUT2D eigenvalue weighted by Gasteiger charge is -2.23. The quantitative estimate of drug-likeness (QED) is 0.896. The summed E-state index contributed by atoms with van der Waals surface area (Å²) in [6.07, 6.45) is 6.64. The Balaban J connectivity index is 1.95. The highest BCUT2D eigenvalue weighted by Crippen LogP contribution is 2.28. The average Bonchev–Trinajstić information content (AvgIpc) is 2.80. The van der Waals surface area contributed by atoms with E-state index in [1.54, 1.807) is 25.3 Å². The van der Waals surface area contributed by atoms with Gasteiger partial charge in [0.05, 0.1) is 6.10 Å². The zero-order chi connectivity index (χ0) is 13.2. The summed E-state index contributed by atoms with van der Waals surface area (Å²) >= 11 is 0. The Kier molecular flexibility index (Phi) is 3.25. The second kappa shape index (κ2) is 5.05. The Morgan fingerprint density at radius 1 is 1.42 bits per heavy atom. The molecule has 0 spiro atoms. The topological polar surface area (TPSA) is 55.5 Å². The van der Waals surface area contributed by atoms with E-state index >= 15 is 0 Å². The molecule has 19 heavy (non-hydrogen) atoms. The maximum absolute atomic E-state index is 9.42. The van der Waals surface area contributed by atoms with Crippen molar-refractivity contribution in [2.75, 3.05) is 7.11 Å². The number of benzene rings is 1. The van der Waals surface area contributed by atoms with Crippen LogP contribution in [0.5, 0.6) is 5.75 Å². The molecule has 0 aliphatic heterocycles. The van der Waals surface area contributed by atoms with Gasteiger partial charge in [-0.3, -0.25) is 0 Å². The van der Waals surface area contributed by atoms with E-state index in [0.29, 0.717) is 17.0 Å². The zero-order valence-corrected chi connectivity index (χ0v) is 10.9. The van der Waals surface area contributed by atoms with Crippen LogP contribution in [0.4, 0.5) is 0 Å². The first-order valence-corrected chi connectivity index (χ1v) is 6.59. The predicted octanol–water partition coefficient (Wildman–Crippen LogP) is 3.51. The van der Waals surface area contributed by atoms with E-state index in [4.69, 9.17) is 9.15 Å². The summed E-state index contributed by atoms with van der Waals surface area (Å²) in [6, 6.07) is 4.94. The summed E-state index contributed by atoms with van der Waals surface area (Å²) in [6.45, 7) is 0. The number of phenols is 1. The molecule has 1 atom stereocenters. The first-order valence-electron chi connectivity index (χ1n) is 6.59. The van der Waals surface area contributed by atoms with Crippen molar-refractivity contribution in [1.29, 1.82) is 0 Å². The van der Waals surface area contributed by atoms with Crippen LogP contribution in [0.2, 0.25) is 0 Å². The smallest absolute Gasteiger partial charge is 0.220 e. The van der Waals surface area contributed by atoms with Gasteiger partial charge < -0.3 is 14.3 Å². The SMILES string of the molecule is COC1CCCC/C1=C\c1nc2cc(O)ccc2o1. The van der Waals surface area contributed by atoms with Gasteiger partial charge >= 0.3 is 0 Å². The first-order chi connectivity index (χ1) is 9.26. The second-order valence-corrected chi connectivity index (χ2v) is 4.89. The number of hydrogen-bond acceptors (Lipinski definition) is 4. The van der Waals surface area contributed by atoms with Gasteiger partial charge in [0.25, 0.3) is 0 Å². The maximum Gasteiger partial charge on any atom is 0.220 e. The van der Waals surface area contributed by atoms with Gasteiger partial charge in [-0.25, -0.2) is 4.98 Å². The zero-order valence-electron chi connectivity index (χ0n) is 10.9. The number of rotatable bonds is 2. The lowest BCUT2D eigenvalue weighted by molar-refractivity contribution is 0.110. The van der Waals surface area contributed by atoms with Gasteiger partial charge in [0.2, 0.25) is 5.89 Å². The number of hydrogen-bond donors (Lipinski definition) is 1. The van der Waals surface area contributed by atoms with E-state index in [-0.39, 0.29) is 11.9 Å². The Bertz CT molecular complexity index is 615. The lowest BCUT2D eigenvalue weighted by Crippen LogP contribution is -2.17. The van der Waals surface area contributed by atoms with Crippen LogP contribution in [0.1, 0.15) is 31.6 Å². The van der Waals surface area contributed by atoms with E-state index in [9.17, 15) is 5.11 Å². The molecule has 1 N–H and O–H groups in total. The van der Waals surface area contributed by atoms with E-state index in [1.165, 1.54) is 18.4 Å². The molecular weight excluding hydrogens is 242 g/mol. The number of phenolic OH excluding ortho intramolecular Hbond substituents is 1. The predicted molar refractivity (Wildman–Crippen MR) is 72.9 cm³/mol. The molecule has 4 nitrogen and oxygen atoms in total. The number of aromatic nitrogens is 1. The standard InChI is InChI=1S/C15H17NO3/c1-18-13-5-3-2-4-10(13)8-15-16-12-9-11(17)6-7-14(12)19-15/h6-9,13,17H,2-5H2,1H3/b10-8+. The van der Waals surface area contributed by atoms with E-state index in [0.717, 1.165) is 12.8 Å². The number of oxazole rings is 1. The van der Waals surface area contributed by atoms with Crippen LogP contribution >= 0.6 is 0 Å². The van der Waals surface area contributed by atoms with Crippen molar-refractivity contribution in [2.45, 2.75) is 31.8 Å². The van der Waals surface area contributed by atoms with Crippen molar-refractivity contribution >= 4 is 17.2 Å². The monoisotopic (exact) mass is 259 g/mol. The van der Waals surface area contributed by atoms with Crippen LogP contribution in [0.3, 0.4) is 0 Å². The van der Waals surface area contributed by atoms with Crippen LogP contribution in [-0.4, -0.2) is 23.3 Å². The molecule has 100 valence electrons. The Labute approximate surface area is 111 Å². The summed E-state index contributed by atoms with van der Waals surface area (Å²) in [5, 5.41) is 9.42. The number of ether oxygens (including phenoxy) is 1. The third kappa shape index (κ3) is 2.49. The van der Waals surface area contributed by atoms with E-state index in [2.05, 4.69) is 4.98 Å². The van der Waals surface area contributed by atoms with E-state index in [1.807, 2.05) is 6.08 Å². The molecule has 0 bridgehead atoms. The lowest BCUT2D eigenvalue weighted by atomic mass is 9.92. The largest absolute Gasteiger partial charge is 0.508 e. The number of fused-ring (bicyclic) bond motifs is 1. The minimum absolute atomic E-state index is 0.178. The summed E-state index contributed by atoms with van der Waals surface area (Å²) < 4.78 is 11.2. The van der Waals surface area contributed by atoms with Crippen molar-refractivity contribution in [2.24, 2.45) is 0 Å². The van der Waals surface area contributed by atoms with Crippen LogP contribution in [0.25, 0.3) is 17.2 Å². The van der Waals surface area contributed by atoms with Gasteiger partial charge in [0, 0.05) is 19.3 Å². The minimum atomic E-state index is 0.178. The summed E-state index contributed by atoms with van der Waals surface area (Å²) in [5.74, 6) is 0.784. The van der Waals surface area contributed by atoms with Crippen molar-refractivity contribution < 1.29 is 14.3 Å². The van der Waals surface area contributed by atoms with Crippen molar-refractivity contribution in [3.63, 3.8) is 0 Å². The van der Waals surface area contributed by atoms with Crippen LogP contribution in [0, 0.1) is 0 Å². The molecule has 1 saturated carbocycles. The maximum atomic E-state index is 9.42. The molecule has 1 unspecified atom stereocenters. The van der Waals surface area contributed by atoms with E-state index < -0.39 is 0 Å². The van der Waals surface area contributed by atoms with Crippen LogP contribution < -0.4 is 0 Å². The molecule has 1 fully saturated rings. The second-order valence-electron chi connectivity index (χ2n) is 4.89. The van der Waals surface area contributed by atoms with Crippen molar-refractivity contribution in [3.8, 4) is 5.75 Å². The Morgan fingerprint density at radius 2 is 2.32 bits per heavy atom. The highest BCUT2D eigenvalue weighted by molar-refractivity contribution is 5.75. The molecule has 1 aromatic carbocycles. The third-order valence-corrected chi connectivity index (χ3v) is 3.58. The summed E-state index contributed by atoms with van der Waals surface area (Å²) in [7, 11) is 1.74. The Morgan fingerprint density at radius 3 is 3.16 bits per heavy atom. The third-order valence-electron chi connectivity index (χ3n) is 3.58. The summed E-state index contributed by atoms with van der Waals surface area (Å²) in [5.41, 5.74) is 2.61. The molecule has 1 aliphatic rings. The van der Waals surface area contributed by atoms with Gasteiger partial charge in [-0.15, -0.1) is 0 Å². The number of nitrogens with zero attached hydrogens (tertiary/aromatic N) is 1. The molecule has 2 aromatic rings. The molecule has 1 heterocycles. The molecule has 3 rings (SSSR count). The molecule has 0 saturated heterocycles. The molecular formula is C15H17NO3. The van der Waals surface area contributed by atoms with Crippen LogP contribution in [-0.2, 0) is 4.74 Å². The van der Waals surface area contributed by atoms with Gasteiger partial charge in [0.15, 0.2) is 5.58 Å². The fourth-order valence-electron chi connectivity index (χ4n) is 2.59. The fourth-order valence-corrected chi connectivity index (χ4v) is 2.59. The number of methoxy groups -OCH3 is 1. The first kappa shape index (κ1) is 12.2. The molecule has 0 amide bonds. The molecule has 1 aliphatic carbocycles. The van der Waals surface area contributed by atoms with Gasteiger partial charge in [-0.05, 0) is 37.0 Å². The van der Waals surface area contributed by atoms with Crippen molar-refractivity contribution in [1.82, 2.24) is 4.98 Å². The number of aromatic hydroxyl groups is 1. The van der Waals surface area contributed by atoms with Crippen LogP contribution in [0.15, 0.2) is 28.2 Å². The minimum Gasteiger partial charge on any atom is -0.508 e.